The van der Waals surface area contributed by atoms with E-state index in [1.165, 1.54) is 5.56 Å². The second-order valence-corrected chi connectivity index (χ2v) is 8.64. The smallest absolute Gasteiger partial charge is 0.230 e. The third kappa shape index (κ3) is 4.19. The van der Waals surface area contributed by atoms with E-state index < -0.39 is 5.41 Å². The molecule has 3 rings (SSSR count). The van der Waals surface area contributed by atoms with Crippen LogP contribution in [0.1, 0.15) is 30.0 Å². The largest absolute Gasteiger partial charge is 0.381 e. The normalized spacial score (nSPS) is 17.8. The summed E-state index contributed by atoms with van der Waals surface area (Å²) in [6, 6.07) is 10.4. The number of nitrogens with one attached hydrogen (secondary N) is 1. The molecule has 0 spiro atoms. The van der Waals surface area contributed by atoms with Crippen molar-refractivity contribution in [3.63, 3.8) is 0 Å². The van der Waals surface area contributed by atoms with Crippen LogP contribution in [0.4, 0.5) is 0 Å². The van der Waals surface area contributed by atoms with E-state index in [1.807, 2.05) is 26.2 Å². The Kier molecular flexibility index (Phi) is 6.51. The van der Waals surface area contributed by atoms with Gasteiger partial charge in [-0.2, -0.15) is 11.3 Å². The van der Waals surface area contributed by atoms with Crippen LogP contribution >= 0.6 is 27.3 Å². The van der Waals surface area contributed by atoms with E-state index in [0.717, 1.165) is 10.0 Å². The number of halogens is 1. The molecule has 0 aliphatic carbocycles. The summed E-state index contributed by atoms with van der Waals surface area (Å²) in [4.78, 5) is 15.5. The molecular formula is C20H25BrN2O2S. The third-order valence-electron chi connectivity index (χ3n) is 5.19. The van der Waals surface area contributed by atoms with Crippen molar-refractivity contribution in [1.29, 1.82) is 0 Å². The van der Waals surface area contributed by atoms with Crippen LogP contribution in [0.2, 0.25) is 0 Å². The van der Waals surface area contributed by atoms with Crippen molar-refractivity contribution < 1.29 is 9.53 Å². The summed E-state index contributed by atoms with van der Waals surface area (Å²) < 4.78 is 6.57. The lowest BCUT2D eigenvalue weighted by atomic mass is 9.73. The Labute approximate surface area is 167 Å². The fourth-order valence-electron chi connectivity index (χ4n) is 3.56. The first-order valence-electron chi connectivity index (χ1n) is 8.83. The summed E-state index contributed by atoms with van der Waals surface area (Å²) >= 11 is 5.17. The average molecular weight is 437 g/mol. The molecule has 1 aliphatic rings. The van der Waals surface area contributed by atoms with E-state index in [9.17, 15) is 4.79 Å². The second-order valence-electron chi connectivity index (χ2n) is 6.95. The highest BCUT2D eigenvalue weighted by atomic mass is 79.9. The van der Waals surface area contributed by atoms with Crippen LogP contribution in [0.5, 0.6) is 0 Å². The molecule has 1 fully saturated rings. The van der Waals surface area contributed by atoms with Crippen molar-refractivity contribution >= 4 is 33.2 Å². The first-order valence-corrected chi connectivity index (χ1v) is 10.6. The van der Waals surface area contributed by atoms with Gasteiger partial charge in [-0.1, -0.05) is 28.1 Å². The molecule has 140 valence electrons. The number of hydrogen-bond donors (Lipinski definition) is 1. The summed E-state index contributed by atoms with van der Waals surface area (Å²) in [5.41, 5.74) is 1.80. The van der Waals surface area contributed by atoms with Crippen LogP contribution in [-0.4, -0.2) is 44.7 Å². The quantitative estimate of drug-likeness (QED) is 0.744. The van der Waals surface area contributed by atoms with Gasteiger partial charge >= 0.3 is 0 Å². The highest BCUT2D eigenvalue weighted by Gasteiger charge is 2.41. The van der Waals surface area contributed by atoms with Crippen LogP contribution in [0.15, 0.2) is 45.6 Å². The molecule has 6 heteroatoms. The maximum absolute atomic E-state index is 13.3. The molecule has 2 aromatic rings. The average Bonchev–Trinajstić information content (AvgIpc) is 3.17. The second kappa shape index (κ2) is 8.65. The van der Waals surface area contributed by atoms with E-state index in [0.29, 0.717) is 32.6 Å². The van der Waals surface area contributed by atoms with E-state index in [2.05, 4.69) is 55.1 Å². The molecule has 1 unspecified atom stereocenters. The van der Waals surface area contributed by atoms with Gasteiger partial charge in [-0.05, 0) is 67.0 Å². The predicted molar refractivity (Wildman–Crippen MR) is 110 cm³/mol. The molecule has 1 N–H and O–H groups in total. The molecule has 2 heterocycles. The maximum Gasteiger partial charge on any atom is 0.230 e. The van der Waals surface area contributed by atoms with E-state index in [4.69, 9.17) is 4.74 Å². The molecule has 0 radical (unpaired) electrons. The van der Waals surface area contributed by atoms with E-state index in [-0.39, 0.29) is 11.9 Å². The zero-order valence-corrected chi connectivity index (χ0v) is 17.6. The zero-order valence-electron chi connectivity index (χ0n) is 15.2. The van der Waals surface area contributed by atoms with Gasteiger partial charge < -0.3 is 15.0 Å². The van der Waals surface area contributed by atoms with Crippen LogP contribution in [0, 0.1) is 0 Å². The number of ether oxygens (including phenoxy) is 1. The Balaban J connectivity index is 1.78. The molecule has 1 aromatic heterocycles. The van der Waals surface area contributed by atoms with Crippen molar-refractivity contribution in [2.24, 2.45) is 0 Å². The summed E-state index contributed by atoms with van der Waals surface area (Å²) in [6.07, 6.45) is 1.43. The highest BCUT2D eigenvalue weighted by molar-refractivity contribution is 9.10. The van der Waals surface area contributed by atoms with Crippen LogP contribution in [0.25, 0.3) is 0 Å². The van der Waals surface area contributed by atoms with Gasteiger partial charge in [-0.25, -0.2) is 0 Å². The number of nitrogens with zero attached hydrogens (tertiary/aromatic N) is 1. The van der Waals surface area contributed by atoms with Crippen molar-refractivity contribution in [1.82, 2.24) is 10.2 Å². The molecule has 0 saturated carbocycles. The summed E-state index contributed by atoms with van der Waals surface area (Å²) in [5, 5.41) is 7.46. The molecule has 26 heavy (non-hydrogen) atoms. The Bertz CT molecular complexity index is 710. The van der Waals surface area contributed by atoms with Crippen molar-refractivity contribution in [3.05, 3.63) is 56.7 Å². The highest BCUT2D eigenvalue weighted by Crippen LogP contribution is 2.36. The van der Waals surface area contributed by atoms with Crippen molar-refractivity contribution in [2.45, 2.75) is 24.3 Å². The van der Waals surface area contributed by atoms with Gasteiger partial charge in [0.15, 0.2) is 0 Å². The Hall–Kier alpha value is -1.21. The van der Waals surface area contributed by atoms with Gasteiger partial charge in [0.05, 0.1) is 11.5 Å². The predicted octanol–water partition coefficient (Wildman–Crippen LogP) is 3.98. The molecule has 1 saturated heterocycles. The minimum Gasteiger partial charge on any atom is -0.381 e. The molecule has 1 atom stereocenters. The summed E-state index contributed by atoms with van der Waals surface area (Å²) in [7, 11) is 4.10. The molecule has 1 aliphatic heterocycles. The summed E-state index contributed by atoms with van der Waals surface area (Å²) in [6.45, 7) is 1.83. The summed E-state index contributed by atoms with van der Waals surface area (Å²) in [5.74, 6) is 0.102. The Morgan fingerprint density at radius 1 is 1.27 bits per heavy atom. The van der Waals surface area contributed by atoms with E-state index >= 15 is 0 Å². The monoisotopic (exact) mass is 436 g/mol. The third-order valence-corrected chi connectivity index (χ3v) is 6.42. The maximum atomic E-state index is 13.3. The fourth-order valence-corrected chi connectivity index (χ4v) is 4.53. The molecular weight excluding hydrogens is 412 g/mol. The number of thiophene rings is 1. The van der Waals surface area contributed by atoms with E-state index in [1.54, 1.807) is 11.3 Å². The standard InChI is InChI=1S/C20H25BrN2O2S/c1-23(2)18(15-7-12-26-14-15)13-22-19(24)20(8-10-25-11-9-20)16-3-5-17(21)6-4-16/h3-7,12,14,18H,8-11,13H2,1-2H3,(H,22,24). The first-order chi connectivity index (χ1) is 12.5. The molecule has 4 nitrogen and oxygen atoms in total. The lowest BCUT2D eigenvalue weighted by Gasteiger charge is -2.37. The lowest BCUT2D eigenvalue weighted by molar-refractivity contribution is -0.130. The lowest BCUT2D eigenvalue weighted by Crippen LogP contribution is -2.49. The van der Waals surface area contributed by atoms with Crippen molar-refractivity contribution in [3.8, 4) is 0 Å². The van der Waals surface area contributed by atoms with Crippen LogP contribution in [-0.2, 0) is 14.9 Å². The minimum atomic E-state index is -0.509. The van der Waals surface area contributed by atoms with Crippen LogP contribution < -0.4 is 5.32 Å². The Morgan fingerprint density at radius 2 is 1.96 bits per heavy atom. The van der Waals surface area contributed by atoms with Crippen molar-refractivity contribution in [2.75, 3.05) is 33.9 Å². The van der Waals surface area contributed by atoms with Gasteiger partial charge in [0.1, 0.15) is 0 Å². The minimum absolute atomic E-state index is 0.102. The number of benzene rings is 1. The number of carbonyl (C=O) groups excluding carboxylic acids is 1. The molecule has 1 amide bonds. The first kappa shape index (κ1) is 19.5. The number of likely N-dealkylation sites (N-methyl/N-ethyl adjacent to an activating group) is 1. The van der Waals surface area contributed by atoms with Gasteiger partial charge in [-0.3, -0.25) is 4.79 Å². The number of amides is 1. The number of carbonyl (C=O) groups is 1. The zero-order chi connectivity index (χ0) is 18.6. The van der Waals surface area contributed by atoms with Gasteiger partial charge in [0.25, 0.3) is 0 Å². The number of rotatable bonds is 6. The molecule has 1 aromatic carbocycles. The SMILES string of the molecule is CN(C)C(CNC(=O)C1(c2ccc(Br)cc2)CCOCC1)c1ccsc1. The van der Waals surface area contributed by atoms with Gasteiger partial charge in [0.2, 0.25) is 5.91 Å². The topological polar surface area (TPSA) is 41.6 Å². The molecule has 0 bridgehead atoms. The van der Waals surface area contributed by atoms with Gasteiger partial charge in [-0.15, -0.1) is 0 Å². The Morgan fingerprint density at radius 3 is 2.54 bits per heavy atom. The van der Waals surface area contributed by atoms with Crippen LogP contribution in [0.3, 0.4) is 0 Å². The number of hydrogen-bond acceptors (Lipinski definition) is 4. The fraction of sp³-hybridized carbons (Fsp3) is 0.450. The van der Waals surface area contributed by atoms with Gasteiger partial charge in [0, 0.05) is 24.2 Å².